The van der Waals surface area contributed by atoms with Gasteiger partial charge in [-0.2, -0.15) is 10.2 Å². The van der Waals surface area contributed by atoms with Crippen LogP contribution in [0.2, 0.25) is 0 Å². The largest absolute Gasteiger partial charge is 0.339 e. The van der Waals surface area contributed by atoms with Crippen molar-refractivity contribution < 1.29 is 13.3 Å². The SMILES string of the molecule is N#Cc1nc[nH]c1-c1nc(C2CCCCC2(F)F)no1. The predicted molar refractivity (Wildman–Crippen MR) is 62.8 cm³/mol. The Balaban J connectivity index is 1.93. The second-order valence-corrected chi connectivity index (χ2v) is 4.76. The average molecular weight is 279 g/mol. The number of hydrogen-bond acceptors (Lipinski definition) is 5. The lowest BCUT2D eigenvalue weighted by Gasteiger charge is -2.28. The number of halogens is 2. The molecule has 1 aliphatic carbocycles. The topological polar surface area (TPSA) is 91.4 Å². The molecule has 2 heterocycles. The van der Waals surface area contributed by atoms with E-state index in [9.17, 15) is 8.78 Å². The number of alkyl halides is 2. The van der Waals surface area contributed by atoms with Crippen LogP contribution in [-0.4, -0.2) is 26.0 Å². The van der Waals surface area contributed by atoms with E-state index in [1.165, 1.54) is 6.33 Å². The Morgan fingerprint density at radius 3 is 3.05 bits per heavy atom. The third-order valence-electron chi connectivity index (χ3n) is 3.48. The summed E-state index contributed by atoms with van der Waals surface area (Å²) in [6, 6.07) is 1.86. The van der Waals surface area contributed by atoms with Crippen LogP contribution < -0.4 is 0 Å². The van der Waals surface area contributed by atoms with Crippen LogP contribution in [0.15, 0.2) is 10.9 Å². The van der Waals surface area contributed by atoms with E-state index in [1.807, 2.05) is 6.07 Å². The van der Waals surface area contributed by atoms with Crippen LogP contribution >= 0.6 is 0 Å². The van der Waals surface area contributed by atoms with Crippen molar-refractivity contribution in [1.82, 2.24) is 20.1 Å². The molecule has 1 saturated carbocycles. The van der Waals surface area contributed by atoms with Crippen LogP contribution in [0.25, 0.3) is 11.6 Å². The highest BCUT2D eigenvalue weighted by molar-refractivity contribution is 5.55. The predicted octanol–water partition coefficient (Wildman–Crippen LogP) is 2.62. The maximum Gasteiger partial charge on any atom is 0.277 e. The number of aromatic amines is 1. The number of hydrogen-bond donors (Lipinski definition) is 1. The van der Waals surface area contributed by atoms with Crippen LogP contribution in [-0.2, 0) is 0 Å². The number of nitriles is 1. The van der Waals surface area contributed by atoms with Gasteiger partial charge >= 0.3 is 0 Å². The molecule has 6 nitrogen and oxygen atoms in total. The summed E-state index contributed by atoms with van der Waals surface area (Å²) in [5.41, 5.74) is 0.348. The van der Waals surface area contributed by atoms with Crippen LogP contribution in [0.5, 0.6) is 0 Å². The van der Waals surface area contributed by atoms with Crippen LogP contribution in [0.1, 0.15) is 43.1 Å². The first kappa shape index (κ1) is 12.7. The van der Waals surface area contributed by atoms with Gasteiger partial charge in [-0.15, -0.1) is 0 Å². The molecule has 2 aromatic rings. The lowest BCUT2D eigenvalue weighted by atomic mass is 9.85. The smallest absolute Gasteiger partial charge is 0.277 e. The summed E-state index contributed by atoms with van der Waals surface area (Å²) in [5.74, 6) is -3.84. The Morgan fingerprint density at radius 2 is 2.30 bits per heavy atom. The summed E-state index contributed by atoms with van der Waals surface area (Å²) in [5, 5.41) is 12.5. The van der Waals surface area contributed by atoms with Gasteiger partial charge in [0.25, 0.3) is 11.8 Å². The minimum Gasteiger partial charge on any atom is -0.339 e. The fourth-order valence-electron chi connectivity index (χ4n) is 2.43. The second-order valence-electron chi connectivity index (χ2n) is 4.76. The first-order valence-corrected chi connectivity index (χ1v) is 6.27. The summed E-state index contributed by atoms with van der Waals surface area (Å²) in [6.45, 7) is 0. The Labute approximate surface area is 112 Å². The van der Waals surface area contributed by atoms with Gasteiger partial charge in [0.15, 0.2) is 11.5 Å². The number of rotatable bonds is 2. The number of nitrogens with one attached hydrogen (secondary N) is 1. The molecule has 2 aromatic heterocycles. The number of imidazole rings is 1. The van der Waals surface area contributed by atoms with Crippen LogP contribution in [0.3, 0.4) is 0 Å². The van der Waals surface area contributed by atoms with Gasteiger partial charge in [0.2, 0.25) is 0 Å². The molecule has 3 rings (SSSR count). The average Bonchev–Trinajstić information content (AvgIpc) is 3.06. The van der Waals surface area contributed by atoms with E-state index in [1.54, 1.807) is 0 Å². The minimum atomic E-state index is -2.81. The summed E-state index contributed by atoms with van der Waals surface area (Å²) < 4.78 is 32.7. The van der Waals surface area contributed by atoms with Crippen molar-refractivity contribution in [2.45, 2.75) is 37.5 Å². The van der Waals surface area contributed by atoms with E-state index in [0.717, 1.165) is 6.42 Å². The van der Waals surface area contributed by atoms with Gasteiger partial charge in [0.05, 0.1) is 12.2 Å². The van der Waals surface area contributed by atoms with E-state index in [-0.39, 0.29) is 29.5 Å². The lowest BCUT2D eigenvalue weighted by Crippen LogP contribution is -2.30. The van der Waals surface area contributed by atoms with Gasteiger partial charge in [-0.05, 0) is 12.8 Å². The maximum atomic E-state index is 13.9. The van der Waals surface area contributed by atoms with E-state index in [4.69, 9.17) is 9.78 Å². The molecule has 1 aliphatic rings. The Hall–Kier alpha value is -2.30. The minimum absolute atomic E-state index is 0.00965. The van der Waals surface area contributed by atoms with Crippen LogP contribution in [0.4, 0.5) is 8.78 Å². The highest BCUT2D eigenvalue weighted by Gasteiger charge is 2.45. The molecule has 104 valence electrons. The monoisotopic (exact) mass is 279 g/mol. The third-order valence-corrected chi connectivity index (χ3v) is 3.48. The van der Waals surface area contributed by atoms with Crippen molar-refractivity contribution in [3.8, 4) is 17.7 Å². The zero-order valence-electron chi connectivity index (χ0n) is 10.4. The molecule has 1 atom stereocenters. The van der Waals surface area contributed by atoms with E-state index in [2.05, 4.69) is 20.1 Å². The van der Waals surface area contributed by atoms with Gasteiger partial charge in [0.1, 0.15) is 11.8 Å². The standard InChI is InChI=1S/C12H11F2N5O/c13-12(14)4-2-1-3-7(12)10-18-11(20-19-10)9-8(5-15)16-6-17-9/h6-7H,1-4H2,(H,16,17). The number of aromatic nitrogens is 4. The molecular weight excluding hydrogens is 268 g/mol. The molecule has 0 aromatic carbocycles. The van der Waals surface area contributed by atoms with Gasteiger partial charge < -0.3 is 9.51 Å². The fraction of sp³-hybridized carbons (Fsp3) is 0.500. The van der Waals surface area contributed by atoms with Crippen molar-refractivity contribution in [1.29, 1.82) is 5.26 Å². The van der Waals surface area contributed by atoms with Gasteiger partial charge in [-0.3, -0.25) is 0 Å². The quantitative estimate of drug-likeness (QED) is 0.912. The molecule has 0 aliphatic heterocycles. The molecular formula is C12H11F2N5O. The van der Waals surface area contributed by atoms with E-state index >= 15 is 0 Å². The normalized spacial score (nSPS) is 21.6. The van der Waals surface area contributed by atoms with Gasteiger partial charge in [-0.25, -0.2) is 13.8 Å². The van der Waals surface area contributed by atoms with Crippen LogP contribution in [0, 0.1) is 11.3 Å². The van der Waals surface area contributed by atoms with E-state index < -0.39 is 11.8 Å². The first-order chi connectivity index (χ1) is 9.62. The molecule has 1 unspecified atom stereocenters. The first-order valence-electron chi connectivity index (χ1n) is 6.27. The molecule has 8 heteroatoms. The Kier molecular flexibility index (Phi) is 2.97. The van der Waals surface area contributed by atoms with Gasteiger partial charge in [0, 0.05) is 6.42 Å². The number of H-pyrrole nitrogens is 1. The van der Waals surface area contributed by atoms with Gasteiger partial charge in [-0.1, -0.05) is 11.6 Å². The van der Waals surface area contributed by atoms with Crippen molar-refractivity contribution in [3.63, 3.8) is 0 Å². The lowest BCUT2D eigenvalue weighted by molar-refractivity contribution is -0.0576. The Bertz CT molecular complexity index is 657. The second kappa shape index (κ2) is 4.67. The highest BCUT2D eigenvalue weighted by atomic mass is 19.3. The fourth-order valence-corrected chi connectivity index (χ4v) is 2.43. The summed E-state index contributed by atoms with van der Waals surface area (Å²) in [4.78, 5) is 10.5. The molecule has 0 spiro atoms. The molecule has 1 N–H and O–H groups in total. The molecule has 0 amide bonds. The van der Waals surface area contributed by atoms with Crippen molar-refractivity contribution >= 4 is 0 Å². The zero-order valence-corrected chi connectivity index (χ0v) is 10.4. The zero-order chi connectivity index (χ0) is 14.2. The third kappa shape index (κ3) is 2.05. The number of nitrogens with zero attached hydrogens (tertiary/aromatic N) is 4. The van der Waals surface area contributed by atoms with Crippen molar-refractivity contribution in [3.05, 3.63) is 17.8 Å². The van der Waals surface area contributed by atoms with Crippen molar-refractivity contribution in [2.24, 2.45) is 0 Å². The summed E-state index contributed by atoms with van der Waals surface area (Å²) >= 11 is 0. The van der Waals surface area contributed by atoms with Crippen molar-refractivity contribution in [2.75, 3.05) is 0 Å². The molecule has 0 saturated heterocycles. The maximum absolute atomic E-state index is 13.9. The summed E-state index contributed by atoms with van der Waals surface area (Å²) in [6.07, 6.45) is 2.72. The highest BCUT2D eigenvalue weighted by Crippen LogP contribution is 2.43. The molecule has 0 radical (unpaired) electrons. The Morgan fingerprint density at radius 1 is 1.45 bits per heavy atom. The molecule has 20 heavy (non-hydrogen) atoms. The van der Waals surface area contributed by atoms with E-state index in [0.29, 0.717) is 12.8 Å². The molecule has 1 fully saturated rings. The molecule has 0 bridgehead atoms. The summed E-state index contributed by atoms with van der Waals surface area (Å²) in [7, 11) is 0.